The lowest BCUT2D eigenvalue weighted by Crippen LogP contribution is -2.24. The third-order valence-electron chi connectivity index (χ3n) is 3.78. The standard InChI is InChI=1S/C20H14ClFN2O4/c21-13-9-17(19(24-11-13)28-15-7-5-14(22)6-8-15)18(25)23-10-12-3-1-2-4-16(12)20(26)27/h1-9,11H,10H2,(H,23,25)(H,26,27). The van der Waals surface area contributed by atoms with Gasteiger partial charge in [-0.3, -0.25) is 4.79 Å². The number of benzene rings is 2. The first-order chi connectivity index (χ1) is 13.4. The fourth-order valence-corrected chi connectivity index (χ4v) is 2.60. The van der Waals surface area contributed by atoms with Crippen molar-refractivity contribution in [3.63, 3.8) is 0 Å². The summed E-state index contributed by atoms with van der Waals surface area (Å²) < 4.78 is 18.6. The Balaban J connectivity index is 1.80. The summed E-state index contributed by atoms with van der Waals surface area (Å²) in [5, 5.41) is 12.1. The highest BCUT2D eigenvalue weighted by Gasteiger charge is 2.17. The SMILES string of the molecule is O=C(O)c1ccccc1CNC(=O)c1cc(Cl)cnc1Oc1ccc(F)cc1. The second kappa shape index (κ2) is 8.49. The first-order valence-corrected chi connectivity index (χ1v) is 8.50. The van der Waals surface area contributed by atoms with E-state index in [2.05, 4.69) is 10.3 Å². The van der Waals surface area contributed by atoms with E-state index in [1.807, 2.05) is 0 Å². The van der Waals surface area contributed by atoms with Gasteiger partial charge in [-0.2, -0.15) is 0 Å². The lowest BCUT2D eigenvalue weighted by molar-refractivity contribution is 0.0694. The Kier molecular flexibility index (Phi) is 5.86. The maximum Gasteiger partial charge on any atom is 0.336 e. The molecule has 2 N–H and O–H groups in total. The van der Waals surface area contributed by atoms with E-state index >= 15 is 0 Å². The van der Waals surface area contributed by atoms with Crippen LogP contribution in [0.15, 0.2) is 60.8 Å². The minimum Gasteiger partial charge on any atom is -0.478 e. The van der Waals surface area contributed by atoms with E-state index in [9.17, 15) is 19.1 Å². The molecule has 142 valence electrons. The molecule has 0 unspecified atom stereocenters. The van der Waals surface area contributed by atoms with E-state index in [0.29, 0.717) is 11.3 Å². The molecule has 0 aliphatic carbocycles. The molecule has 0 saturated heterocycles. The molecule has 0 radical (unpaired) electrons. The molecule has 0 aliphatic heterocycles. The van der Waals surface area contributed by atoms with E-state index < -0.39 is 17.7 Å². The molecule has 0 saturated carbocycles. The summed E-state index contributed by atoms with van der Waals surface area (Å²) >= 11 is 5.94. The number of carboxylic acid groups (broad SMARTS) is 1. The van der Waals surface area contributed by atoms with Gasteiger partial charge in [0.05, 0.1) is 10.6 Å². The minimum atomic E-state index is -1.09. The molecule has 0 atom stereocenters. The van der Waals surface area contributed by atoms with Crippen LogP contribution in [0, 0.1) is 5.82 Å². The number of hydrogen-bond acceptors (Lipinski definition) is 4. The Hall–Kier alpha value is -3.45. The number of nitrogens with zero attached hydrogens (tertiary/aromatic N) is 1. The summed E-state index contributed by atoms with van der Waals surface area (Å²) in [5.74, 6) is -1.78. The molecule has 1 amide bonds. The van der Waals surface area contributed by atoms with Crippen molar-refractivity contribution < 1.29 is 23.8 Å². The Morgan fingerprint density at radius 2 is 1.82 bits per heavy atom. The number of aromatic carboxylic acids is 1. The van der Waals surface area contributed by atoms with Crippen LogP contribution in [0.3, 0.4) is 0 Å². The molecule has 1 aromatic heterocycles. The first kappa shape index (κ1) is 19.3. The average Bonchev–Trinajstić information content (AvgIpc) is 2.69. The van der Waals surface area contributed by atoms with Crippen LogP contribution in [0.25, 0.3) is 0 Å². The van der Waals surface area contributed by atoms with Crippen molar-refractivity contribution in [2.45, 2.75) is 6.54 Å². The summed E-state index contributed by atoms with van der Waals surface area (Å²) in [4.78, 5) is 27.9. The maximum atomic E-state index is 13.0. The number of hydrogen-bond donors (Lipinski definition) is 2. The molecule has 28 heavy (non-hydrogen) atoms. The van der Waals surface area contributed by atoms with Gasteiger partial charge in [0, 0.05) is 12.7 Å². The molecule has 0 aliphatic rings. The summed E-state index contributed by atoms with van der Waals surface area (Å²) in [7, 11) is 0. The van der Waals surface area contributed by atoms with Crippen molar-refractivity contribution in [2.24, 2.45) is 0 Å². The molecule has 0 bridgehead atoms. The molecule has 0 fully saturated rings. The lowest BCUT2D eigenvalue weighted by Gasteiger charge is -2.12. The Bertz CT molecular complexity index is 1020. The minimum absolute atomic E-state index is 0.0101. The van der Waals surface area contributed by atoms with Gasteiger partial charge in [-0.25, -0.2) is 14.2 Å². The van der Waals surface area contributed by atoms with Gasteiger partial charge < -0.3 is 15.2 Å². The number of halogens is 2. The number of carbonyl (C=O) groups is 2. The number of amides is 1. The number of ether oxygens (including phenoxy) is 1. The highest BCUT2D eigenvalue weighted by molar-refractivity contribution is 6.30. The van der Waals surface area contributed by atoms with Crippen molar-refractivity contribution in [3.8, 4) is 11.6 Å². The molecule has 3 aromatic rings. The van der Waals surface area contributed by atoms with Crippen LogP contribution in [-0.4, -0.2) is 22.0 Å². The monoisotopic (exact) mass is 400 g/mol. The number of rotatable bonds is 6. The van der Waals surface area contributed by atoms with Gasteiger partial charge in [0.1, 0.15) is 17.1 Å². The van der Waals surface area contributed by atoms with Gasteiger partial charge in [-0.15, -0.1) is 0 Å². The Labute approximate surface area is 164 Å². The maximum absolute atomic E-state index is 13.0. The smallest absolute Gasteiger partial charge is 0.336 e. The second-order valence-electron chi connectivity index (χ2n) is 5.71. The van der Waals surface area contributed by atoms with Crippen LogP contribution in [0.5, 0.6) is 11.6 Å². The van der Waals surface area contributed by atoms with Gasteiger partial charge in [0.25, 0.3) is 5.91 Å². The third kappa shape index (κ3) is 4.63. The van der Waals surface area contributed by atoms with Gasteiger partial charge in [-0.1, -0.05) is 29.8 Å². The van der Waals surface area contributed by atoms with Crippen LogP contribution in [0.1, 0.15) is 26.3 Å². The summed E-state index contributed by atoms with van der Waals surface area (Å²) in [6.07, 6.45) is 1.32. The topological polar surface area (TPSA) is 88.5 Å². The first-order valence-electron chi connectivity index (χ1n) is 8.12. The molecular weight excluding hydrogens is 387 g/mol. The fourth-order valence-electron chi connectivity index (χ4n) is 2.44. The zero-order valence-electron chi connectivity index (χ0n) is 14.4. The molecule has 8 heteroatoms. The van der Waals surface area contributed by atoms with Crippen molar-refractivity contribution >= 4 is 23.5 Å². The molecule has 1 heterocycles. The van der Waals surface area contributed by atoms with E-state index in [-0.39, 0.29) is 28.6 Å². The Morgan fingerprint density at radius 3 is 2.54 bits per heavy atom. The van der Waals surface area contributed by atoms with Gasteiger partial charge in [0.15, 0.2) is 0 Å². The highest BCUT2D eigenvalue weighted by Crippen LogP contribution is 2.25. The van der Waals surface area contributed by atoms with Crippen molar-refractivity contribution in [1.29, 1.82) is 0 Å². The van der Waals surface area contributed by atoms with E-state index in [0.717, 1.165) is 0 Å². The predicted octanol–water partition coefficient (Wildman–Crippen LogP) is 4.29. The highest BCUT2D eigenvalue weighted by atomic mass is 35.5. The van der Waals surface area contributed by atoms with Crippen LogP contribution >= 0.6 is 11.6 Å². The fraction of sp³-hybridized carbons (Fsp3) is 0.0500. The number of carbonyl (C=O) groups excluding carboxylic acids is 1. The average molecular weight is 401 g/mol. The van der Waals surface area contributed by atoms with Crippen LogP contribution < -0.4 is 10.1 Å². The van der Waals surface area contributed by atoms with E-state index in [1.165, 1.54) is 42.6 Å². The third-order valence-corrected chi connectivity index (χ3v) is 3.98. The number of pyridine rings is 1. The van der Waals surface area contributed by atoms with Gasteiger partial charge in [0.2, 0.25) is 5.88 Å². The zero-order chi connectivity index (χ0) is 20.1. The lowest BCUT2D eigenvalue weighted by atomic mass is 10.1. The van der Waals surface area contributed by atoms with Crippen molar-refractivity contribution in [3.05, 3.63) is 88.3 Å². The molecule has 0 spiro atoms. The predicted molar refractivity (Wildman–Crippen MR) is 100 cm³/mol. The van der Waals surface area contributed by atoms with Crippen molar-refractivity contribution in [2.75, 3.05) is 0 Å². The normalized spacial score (nSPS) is 10.4. The molecule has 3 rings (SSSR count). The van der Waals surface area contributed by atoms with E-state index in [1.54, 1.807) is 18.2 Å². The second-order valence-corrected chi connectivity index (χ2v) is 6.14. The van der Waals surface area contributed by atoms with Crippen molar-refractivity contribution in [1.82, 2.24) is 10.3 Å². The summed E-state index contributed by atoms with van der Waals surface area (Å²) in [5.41, 5.74) is 0.596. The molecule has 2 aromatic carbocycles. The quantitative estimate of drug-likeness (QED) is 0.644. The number of nitrogens with one attached hydrogen (secondary N) is 1. The number of aromatic nitrogens is 1. The summed E-state index contributed by atoms with van der Waals surface area (Å²) in [6, 6.07) is 13.0. The summed E-state index contributed by atoms with van der Waals surface area (Å²) in [6.45, 7) is -0.0101. The Morgan fingerprint density at radius 1 is 1.11 bits per heavy atom. The van der Waals surface area contributed by atoms with Crippen LogP contribution in [0.4, 0.5) is 4.39 Å². The van der Waals surface area contributed by atoms with Gasteiger partial charge >= 0.3 is 5.97 Å². The van der Waals surface area contributed by atoms with E-state index in [4.69, 9.17) is 16.3 Å². The molecule has 6 nitrogen and oxygen atoms in total. The molecular formula is C20H14ClFN2O4. The number of carboxylic acids is 1. The largest absolute Gasteiger partial charge is 0.478 e. The van der Waals surface area contributed by atoms with Gasteiger partial charge in [-0.05, 0) is 42.0 Å². The zero-order valence-corrected chi connectivity index (χ0v) is 15.1. The van der Waals surface area contributed by atoms with Crippen LogP contribution in [-0.2, 0) is 6.54 Å². The van der Waals surface area contributed by atoms with Crippen LogP contribution in [0.2, 0.25) is 5.02 Å².